The zero-order valence-corrected chi connectivity index (χ0v) is 12.5. The molecule has 1 atom stereocenters. The van der Waals surface area contributed by atoms with Crippen LogP contribution in [-0.4, -0.2) is 25.3 Å². The van der Waals surface area contributed by atoms with Gasteiger partial charge in [0.2, 0.25) is 0 Å². The molecule has 1 aromatic carbocycles. The number of benzene rings is 1. The Morgan fingerprint density at radius 3 is 2.30 bits per heavy atom. The fraction of sp³-hybridized carbons (Fsp3) is 0.562. The number of carboxylic acids is 1. The molecule has 0 aliphatic heterocycles. The van der Waals surface area contributed by atoms with Crippen LogP contribution in [0.2, 0.25) is 0 Å². The first-order valence-electron chi connectivity index (χ1n) is 6.93. The second-order valence-electron chi connectivity index (χ2n) is 5.53. The topological polar surface area (TPSA) is 55.8 Å². The van der Waals surface area contributed by atoms with Crippen molar-refractivity contribution in [2.45, 2.75) is 39.0 Å². The molecule has 1 N–H and O–H groups in total. The first-order valence-corrected chi connectivity index (χ1v) is 6.93. The van der Waals surface area contributed by atoms with Gasteiger partial charge in [0.05, 0.1) is 20.6 Å². The average Bonchev–Trinajstić information content (AvgIpc) is 3.19. The van der Waals surface area contributed by atoms with Crippen molar-refractivity contribution in [3.8, 4) is 11.5 Å². The van der Waals surface area contributed by atoms with Crippen molar-refractivity contribution >= 4 is 5.97 Å². The number of carboxylic acid groups (broad SMARTS) is 1. The van der Waals surface area contributed by atoms with Gasteiger partial charge in [-0.15, -0.1) is 0 Å². The molecule has 0 saturated heterocycles. The van der Waals surface area contributed by atoms with E-state index in [4.69, 9.17) is 9.47 Å². The van der Waals surface area contributed by atoms with E-state index < -0.39 is 5.97 Å². The van der Waals surface area contributed by atoms with E-state index in [0.29, 0.717) is 17.4 Å². The van der Waals surface area contributed by atoms with Crippen molar-refractivity contribution in [3.05, 3.63) is 22.8 Å². The Labute approximate surface area is 119 Å². The minimum absolute atomic E-state index is 0.0111. The van der Waals surface area contributed by atoms with Gasteiger partial charge >= 0.3 is 5.97 Å². The summed E-state index contributed by atoms with van der Waals surface area (Å²) in [6, 6.07) is 2.05. The number of aliphatic carboxylic acids is 1. The molecule has 20 heavy (non-hydrogen) atoms. The molecule has 1 unspecified atom stereocenters. The number of ether oxygens (including phenoxy) is 2. The van der Waals surface area contributed by atoms with Gasteiger partial charge < -0.3 is 14.6 Å². The zero-order chi connectivity index (χ0) is 14.9. The highest BCUT2D eigenvalue weighted by atomic mass is 16.5. The third kappa shape index (κ3) is 2.74. The number of rotatable bonds is 6. The lowest BCUT2D eigenvalue weighted by Gasteiger charge is -2.23. The van der Waals surface area contributed by atoms with E-state index in [2.05, 4.69) is 0 Å². The largest absolute Gasteiger partial charge is 0.493 e. The molecule has 110 valence electrons. The molecule has 0 radical (unpaired) electrons. The second-order valence-corrected chi connectivity index (χ2v) is 5.53. The highest BCUT2D eigenvalue weighted by Crippen LogP contribution is 2.50. The highest BCUT2D eigenvalue weighted by Gasteiger charge is 2.37. The van der Waals surface area contributed by atoms with Crippen molar-refractivity contribution in [3.63, 3.8) is 0 Å². The third-order valence-corrected chi connectivity index (χ3v) is 4.03. The predicted octanol–water partition coefficient (Wildman–Crippen LogP) is 3.29. The maximum Gasteiger partial charge on any atom is 0.303 e. The van der Waals surface area contributed by atoms with E-state index in [1.54, 1.807) is 14.2 Å². The molecule has 0 amide bonds. The van der Waals surface area contributed by atoms with Crippen LogP contribution in [0.5, 0.6) is 11.5 Å². The first kappa shape index (κ1) is 14.7. The smallest absolute Gasteiger partial charge is 0.303 e. The van der Waals surface area contributed by atoms with E-state index in [1.165, 1.54) is 0 Å². The second kappa shape index (κ2) is 5.73. The van der Waals surface area contributed by atoms with Crippen LogP contribution < -0.4 is 9.47 Å². The standard InChI is InChI=1S/C16H22O4/c1-9-7-10(2)15(19-3)16(20-4)14(9)12(8-13(17)18)11-5-6-11/h7,11-12H,5-6,8H2,1-4H3,(H,17,18). The fourth-order valence-corrected chi connectivity index (χ4v) is 3.06. The Hall–Kier alpha value is -1.71. The van der Waals surface area contributed by atoms with Gasteiger partial charge in [0.15, 0.2) is 11.5 Å². The van der Waals surface area contributed by atoms with Crippen LogP contribution in [0, 0.1) is 19.8 Å². The van der Waals surface area contributed by atoms with Gasteiger partial charge in [0, 0.05) is 11.5 Å². The van der Waals surface area contributed by atoms with Gasteiger partial charge in [0.1, 0.15) is 0 Å². The average molecular weight is 278 g/mol. The quantitative estimate of drug-likeness (QED) is 0.867. The van der Waals surface area contributed by atoms with Crippen LogP contribution in [0.3, 0.4) is 0 Å². The van der Waals surface area contributed by atoms with Crippen molar-refractivity contribution in [2.24, 2.45) is 5.92 Å². The molecule has 0 heterocycles. The number of hydrogen-bond acceptors (Lipinski definition) is 3. The maximum atomic E-state index is 11.2. The van der Waals surface area contributed by atoms with E-state index >= 15 is 0 Å². The van der Waals surface area contributed by atoms with E-state index in [-0.39, 0.29) is 12.3 Å². The van der Waals surface area contributed by atoms with E-state index in [9.17, 15) is 9.90 Å². The van der Waals surface area contributed by atoms with Crippen molar-refractivity contribution in [2.75, 3.05) is 14.2 Å². The molecular formula is C16H22O4. The number of hydrogen-bond donors (Lipinski definition) is 1. The summed E-state index contributed by atoms with van der Waals surface area (Å²) in [6.45, 7) is 3.99. The van der Waals surface area contributed by atoms with E-state index in [1.807, 2.05) is 19.9 Å². The van der Waals surface area contributed by atoms with Gasteiger partial charge in [-0.25, -0.2) is 0 Å². The SMILES string of the molecule is COc1c(C)cc(C)c(C(CC(=O)O)C2CC2)c1OC. The summed E-state index contributed by atoms with van der Waals surface area (Å²) in [5.41, 5.74) is 3.09. The maximum absolute atomic E-state index is 11.2. The minimum Gasteiger partial charge on any atom is -0.493 e. The lowest BCUT2D eigenvalue weighted by atomic mass is 9.86. The zero-order valence-electron chi connectivity index (χ0n) is 12.5. The summed E-state index contributed by atoms with van der Waals surface area (Å²) < 4.78 is 11.0. The van der Waals surface area contributed by atoms with Crippen LogP contribution in [0.25, 0.3) is 0 Å². The van der Waals surface area contributed by atoms with Crippen molar-refractivity contribution in [1.82, 2.24) is 0 Å². The molecule has 0 spiro atoms. The number of carbonyl (C=O) groups is 1. The monoisotopic (exact) mass is 278 g/mol. The lowest BCUT2D eigenvalue weighted by molar-refractivity contribution is -0.137. The normalized spacial score (nSPS) is 15.8. The van der Waals surface area contributed by atoms with Crippen LogP contribution in [0.15, 0.2) is 6.07 Å². The first-order chi connectivity index (χ1) is 9.49. The fourth-order valence-electron chi connectivity index (χ4n) is 3.06. The summed E-state index contributed by atoms with van der Waals surface area (Å²) in [6.07, 6.45) is 2.33. The Morgan fingerprint density at radius 1 is 1.25 bits per heavy atom. The van der Waals surface area contributed by atoms with Gasteiger partial charge in [0.25, 0.3) is 0 Å². The molecule has 0 bridgehead atoms. The molecule has 0 aromatic heterocycles. The highest BCUT2D eigenvalue weighted by molar-refractivity contribution is 5.69. The number of methoxy groups -OCH3 is 2. The molecular weight excluding hydrogens is 256 g/mol. The van der Waals surface area contributed by atoms with Gasteiger partial charge in [-0.05, 0) is 43.7 Å². The van der Waals surface area contributed by atoms with Crippen LogP contribution >= 0.6 is 0 Å². The molecule has 1 aliphatic rings. The summed E-state index contributed by atoms with van der Waals surface area (Å²) >= 11 is 0. The lowest BCUT2D eigenvalue weighted by Crippen LogP contribution is -2.12. The third-order valence-electron chi connectivity index (χ3n) is 4.03. The predicted molar refractivity (Wildman–Crippen MR) is 76.7 cm³/mol. The molecule has 1 aliphatic carbocycles. The minimum atomic E-state index is -0.761. The number of aryl methyl sites for hydroxylation is 2. The van der Waals surface area contributed by atoms with Crippen LogP contribution in [0.4, 0.5) is 0 Å². The molecule has 2 rings (SSSR count). The van der Waals surface area contributed by atoms with Gasteiger partial charge in [-0.3, -0.25) is 4.79 Å². The van der Waals surface area contributed by atoms with Crippen molar-refractivity contribution in [1.29, 1.82) is 0 Å². The van der Waals surface area contributed by atoms with Gasteiger partial charge in [-0.2, -0.15) is 0 Å². The summed E-state index contributed by atoms with van der Waals surface area (Å²) in [5.74, 6) is 1.11. The van der Waals surface area contributed by atoms with E-state index in [0.717, 1.165) is 29.5 Å². The summed E-state index contributed by atoms with van der Waals surface area (Å²) in [4.78, 5) is 11.2. The Morgan fingerprint density at radius 2 is 1.85 bits per heavy atom. The molecule has 1 saturated carbocycles. The molecule has 1 fully saturated rings. The Balaban J connectivity index is 2.55. The molecule has 1 aromatic rings. The van der Waals surface area contributed by atoms with Crippen LogP contribution in [-0.2, 0) is 4.79 Å². The van der Waals surface area contributed by atoms with Gasteiger partial charge in [-0.1, -0.05) is 6.07 Å². The Kier molecular flexibility index (Phi) is 4.21. The Bertz CT molecular complexity index is 518. The summed E-state index contributed by atoms with van der Waals surface area (Å²) in [7, 11) is 3.23. The summed E-state index contributed by atoms with van der Waals surface area (Å²) in [5, 5.41) is 9.19. The molecule has 4 nitrogen and oxygen atoms in total. The van der Waals surface area contributed by atoms with Crippen molar-refractivity contribution < 1.29 is 19.4 Å². The molecule has 4 heteroatoms. The van der Waals surface area contributed by atoms with Crippen LogP contribution in [0.1, 0.15) is 41.9 Å².